The van der Waals surface area contributed by atoms with Crippen LogP contribution in [0.4, 0.5) is 0 Å². The van der Waals surface area contributed by atoms with Crippen LogP contribution in [0.5, 0.6) is 0 Å². The van der Waals surface area contributed by atoms with Crippen molar-refractivity contribution in [3.8, 4) is 0 Å². The van der Waals surface area contributed by atoms with Gasteiger partial charge >= 0.3 is 11.7 Å². The van der Waals surface area contributed by atoms with E-state index in [4.69, 9.17) is 4.74 Å². The molecule has 1 aromatic carbocycles. The lowest BCUT2D eigenvalue weighted by Gasteiger charge is -2.20. The number of aromatic nitrogens is 2. The number of aryl methyl sites for hydroxylation is 1. The van der Waals surface area contributed by atoms with E-state index in [2.05, 4.69) is 0 Å². The Bertz CT molecular complexity index is 1290. The van der Waals surface area contributed by atoms with Gasteiger partial charge in [-0.15, -0.1) is 11.3 Å². The Morgan fingerprint density at radius 1 is 1.06 bits per heavy atom. The second-order valence-electron chi connectivity index (χ2n) is 8.02. The van der Waals surface area contributed by atoms with E-state index < -0.39 is 29.4 Å². The van der Waals surface area contributed by atoms with Crippen molar-refractivity contribution in [2.75, 3.05) is 0 Å². The first-order valence-electron chi connectivity index (χ1n) is 9.55. The number of benzene rings is 1. The second kappa shape index (κ2) is 8.43. The van der Waals surface area contributed by atoms with Crippen molar-refractivity contribution >= 4 is 39.6 Å². The van der Waals surface area contributed by atoms with E-state index in [0.29, 0.717) is 17.4 Å². The van der Waals surface area contributed by atoms with Crippen LogP contribution in [-0.2, 0) is 22.6 Å². The van der Waals surface area contributed by atoms with Crippen LogP contribution in [-0.4, -0.2) is 32.8 Å². The number of nitrogens with zero attached hydrogens (tertiary/aromatic N) is 2. The standard InChI is InChI=1S/C22H22N2O6S/c1-13-16(12-25)31-20-18(13)19(28)23(11-17(27)30-22(2,3)4)21(29)24(20)10-15(26)14-8-6-5-7-9-14/h5-9,12H,10-11H2,1-4H3. The first kappa shape index (κ1) is 22.4. The molecule has 0 atom stereocenters. The van der Waals surface area contributed by atoms with E-state index in [1.807, 2.05) is 0 Å². The molecule has 9 heteroatoms. The topological polar surface area (TPSA) is 104 Å². The summed E-state index contributed by atoms with van der Waals surface area (Å²) < 4.78 is 7.14. The summed E-state index contributed by atoms with van der Waals surface area (Å²) in [6, 6.07) is 8.42. The highest BCUT2D eigenvalue weighted by atomic mass is 32.1. The van der Waals surface area contributed by atoms with Crippen molar-refractivity contribution in [3.63, 3.8) is 0 Å². The molecule has 2 heterocycles. The Morgan fingerprint density at radius 2 is 1.71 bits per heavy atom. The Balaban J connectivity index is 2.19. The molecule has 0 saturated carbocycles. The highest BCUT2D eigenvalue weighted by Crippen LogP contribution is 2.26. The molecule has 8 nitrogen and oxygen atoms in total. The minimum absolute atomic E-state index is 0.135. The van der Waals surface area contributed by atoms with Crippen molar-refractivity contribution in [1.82, 2.24) is 9.13 Å². The van der Waals surface area contributed by atoms with Gasteiger partial charge in [0.2, 0.25) is 0 Å². The number of esters is 1. The molecule has 0 aliphatic carbocycles. The molecular formula is C22H22N2O6S. The zero-order valence-electron chi connectivity index (χ0n) is 17.6. The maximum absolute atomic E-state index is 13.2. The third-order valence-electron chi connectivity index (χ3n) is 4.54. The average molecular weight is 442 g/mol. The fourth-order valence-electron chi connectivity index (χ4n) is 3.16. The van der Waals surface area contributed by atoms with Gasteiger partial charge in [0.05, 0.1) is 16.8 Å². The normalized spacial score (nSPS) is 11.5. The molecule has 0 unspecified atom stereocenters. The summed E-state index contributed by atoms with van der Waals surface area (Å²) in [5.41, 5.74) is -1.51. The molecule has 0 bridgehead atoms. The predicted molar refractivity (Wildman–Crippen MR) is 117 cm³/mol. The number of Topliss-reactive ketones (excluding diaryl/α,β-unsaturated/α-hetero) is 1. The summed E-state index contributed by atoms with van der Waals surface area (Å²) >= 11 is 0.967. The summed E-state index contributed by atoms with van der Waals surface area (Å²) in [7, 11) is 0. The van der Waals surface area contributed by atoms with Crippen LogP contribution < -0.4 is 11.2 Å². The van der Waals surface area contributed by atoms with Crippen molar-refractivity contribution in [2.24, 2.45) is 0 Å². The van der Waals surface area contributed by atoms with Gasteiger partial charge in [-0.3, -0.25) is 23.7 Å². The first-order valence-corrected chi connectivity index (χ1v) is 10.4. The second-order valence-corrected chi connectivity index (χ2v) is 9.06. The lowest BCUT2D eigenvalue weighted by molar-refractivity contribution is -0.155. The van der Waals surface area contributed by atoms with E-state index in [1.54, 1.807) is 58.0 Å². The number of fused-ring (bicyclic) bond motifs is 1. The number of rotatable bonds is 6. The Labute approximate surface area is 181 Å². The molecule has 0 aliphatic rings. The Morgan fingerprint density at radius 3 is 2.29 bits per heavy atom. The van der Waals surface area contributed by atoms with Crippen molar-refractivity contribution in [1.29, 1.82) is 0 Å². The third-order valence-corrected chi connectivity index (χ3v) is 5.78. The number of aldehydes is 1. The number of ketones is 1. The van der Waals surface area contributed by atoms with Crippen LogP contribution in [0.15, 0.2) is 39.9 Å². The molecule has 3 rings (SSSR count). The van der Waals surface area contributed by atoms with E-state index >= 15 is 0 Å². The monoisotopic (exact) mass is 442 g/mol. The molecule has 0 N–H and O–H groups in total. The van der Waals surface area contributed by atoms with E-state index in [0.717, 1.165) is 20.5 Å². The van der Waals surface area contributed by atoms with Gasteiger partial charge in [-0.2, -0.15) is 0 Å². The molecule has 0 spiro atoms. The lowest BCUT2D eigenvalue weighted by Crippen LogP contribution is -2.43. The van der Waals surface area contributed by atoms with Gasteiger partial charge in [0.1, 0.15) is 17.0 Å². The van der Waals surface area contributed by atoms with Gasteiger partial charge in [0, 0.05) is 5.56 Å². The number of hydrogen-bond donors (Lipinski definition) is 0. The zero-order valence-corrected chi connectivity index (χ0v) is 18.4. The van der Waals surface area contributed by atoms with Crippen LogP contribution in [0, 0.1) is 6.92 Å². The first-order chi connectivity index (χ1) is 14.5. The molecule has 0 fully saturated rings. The smallest absolute Gasteiger partial charge is 0.333 e. The van der Waals surface area contributed by atoms with Crippen LogP contribution in [0.25, 0.3) is 10.2 Å². The molecule has 0 saturated heterocycles. The number of hydrogen-bond acceptors (Lipinski definition) is 7. The van der Waals surface area contributed by atoms with Crippen LogP contribution >= 0.6 is 11.3 Å². The van der Waals surface area contributed by atoms with Gasteiger partial charge in [-0.05, 0) is 33.3 Å². The minimum atomic E-state index is -0.814. The summed E-state index contributed by atoms with van der Waals surface area (Å²) in [4.78, 5) is 63.3. The van der Waals surface area contributed by atoms with Crippen LogP contribution in [0.1, 0.15) is 46.4 Å². The summed E-state index contributed by atoms with van der Waals surface area (Å²) in [5, 5.41) is 0.135. The van der Waals surface area contributed by atoms with Crippen LogP contribution in [0.2, 0.25) is 0 Å². The minimum Gasteiger partial charge on any atom is -0.459 e. The van der Waals surface area contributed by atoms with Crippen molar-refractivity contribution in [2.45, 2.75) is 46.4 Å². The van der Waals surface area contributed by atoms with E-state index in [1.165, 1.54) is 0 Å². The van der Waals surface area contributed by atoms with Crippen molar-refractivity contribution in [3.05, 3.63) is 67.2 Å². The SMILES string of the molecule is Cc1c(C=O)sc2c1c(=O)n(CC(=O)OC(C)(C)C)c(=O)n2CC(=O)c1ccccc1. The van der Waals surface area contributed by atoms with Gasteiger partial charge in [-0.1, -0.05) is 30.3 Å². The van der Waals surface area contributed by atoms with Gasteiger partial charge in [-0.25, -0.2) is 9.36 Å². The van der Waals surface area contributed by atoms with Gasteiger partial charge < -0.3 is 4.74 Å². The lowest BCUT2D eigenvalue weighted by atomic mass is 10.1. The number of carbonyl (C=O) groups is 3. The quantitative estimate of drug-likeness (QED) is 0.330. The molecule has 0 radical (unpaired) electrons. The van der Waals surface area contributed by atoms with Gasteiger partial charge in [0.15, 0.2) is 12.1 Å². The van der Waals surface area contributed by atoms with Crippen LogP contribution in [0.3, 0.4) is 0 Å². The van der Waals surface area contributed by atoms with E-state index in [-0.39, 0.29) is 27.4 Å². The average Bonchev–Trinajstić information content (AvgIpc) is 3.04. The summed E-state index contributed by atoms with van der Waals surface area (Å²) in [5.74, 6) is -1.10. The van der Waals surface area contributed by atoms with Gasteiger partial charge in [0.25, 0.3) is 5.56 Å². The fraction of sp³-hybridized carbons (Fsp3) is 0.318. The van der Waals surface area contributed by atoms with E-state index in [9.17, 15) is 24.0 Å². The maximum Gasteiger partial charge on any atom is 0.333 e. The van der Waals surface area contributed by atoms with Crippen molar-refractivity contribution < 1.29 is 19.1 Å². The third kappa shape index (κ3) is 4.56. The molecule has 31 heavy (non-hydrogen) atoms. The Hall–Kier alpha value is -3.33. The number of thiophene rings is 1. The fourth-order valence-corrected chi connectivity index (χ4v) is 4.27. The maximum atomic E-state index is 13.2. The Kier molecular flexibility index (Phi) is 6.08. The molecular weight excluding hydrogens is 420 g/mol. The highest BCUT2D eigenvalue weighted by molar-refractivity contribution is 7.20. The molecule has 162 valence electrons. The summed E-state index contributed by atoms with van der Waals surface area (Å²) in [6.45, 7) is 5.67. The zero-order chi connectivity index (χ0) is 22.9. The molecule has 3 aromatic rings. The molecule has 2 aromatic heterocycles. The molecule has 0 amide bonds. The molecule has 0 aliphatic heterocycles. The number of ether oxygens (including phenoxy) is 1. The predicted octanol–water partition coefficient (Wildman–Crippen LogP) is 2.57. The number of carbonyl (C=O) groups excluding carboxylic acids is 3. The largest absolute Gasteiger partial charge is 0.459 e. The highest BCUT2D eigenvalue weighted by Gasteiger charge is 2.24. The summed E-state index contributed by atoms with van der Waals surface area (Å²) in [6.07, 6.45) is 0.603.